The molecule has 2 aromatic rings. The molecule has 0 N–H and O–H groups in total. The quantitative estimate of drug-likeness (QED) is 0.797. The fourth-order valence-electron chi connectivity index (χ4n) is 3.72. The third-order valence-corrected chi connectivity index (χ3v) is 6.39. The molecule has 1 saturated heterocycles. The summed E-state index contributed by atoms with van der Waals surface area (Å²) >= 11 is 0. The summed E-state index contributed by atoms with van der Waals surface area (Å²) in [6.45, 7) is 0.790. The van der Waals surface area contributed by atoms with E-state index in [0.717, 1.165) is 10.8 Å². The molecule has 126 valence electrons. The molecule has 24 heavy (non-hydrogen) atoms. The smallest absolute Gasteiger partial charge is 0.211 e. The fraction of sp³-hybridized carbons (Fsp3) is 0.389. The van der Waals surface area contributed by atoms with Gasteiger partial charge in [0.2, 0.25) is 10.0 Å². The number of hydrogen-bond acceptors (Lipinski definition) is 4. The second kappa shape index (κ2) is 5.29. The summed E-state index contributed by atoms with van der Waals surface area (Å²) in [5.41, 5.74) is 0.0416. The van der Waals surface area contributed by atoms with Crippen LogP contribution < -0.4 is 4.74 Å². The lowest BCUT2D eigenvalue weighted by Crippen LogP contribution is -2.52. The van der Waals surface area contributed by atoms with Crippen molar-refractivity contribution < 1.29 is 17.9 Å². The van der Waals surface area contributed by atoms with E-state index in [0.29, 0.717) is 43.7 Å². The van der Waals surface area contributed by atoms with E-state index in [1.807, 2.05) is 36.4 Å². The van der Waals surface area contributed by atoms with Crippen LogP contribution in [-0.4, -0.2) is 43.5 Å². The first-order chi connectivity index (χ1) is 11.4. The molecule has 1 fully saturated rings. The molecule has 0 aliphatic carbocycles. The molecule has 6 heteroatoms. The van der Waals surface area contributed by atoms with Crippen molar-refractivity contribution in [1.82, 2.24) is 4.31 Å². The van der Waals surface area contributed by atoms with Crippen molar-refractivity contribution >= 4 is 26.6 Å². The van der Waals surface area contributed by atoms with Crippen LogP contribution in [0.2, 0.25) is 0 Å². The van der Waals surface area contributed by atoms with E-state index in [1.54, 1.807) is 0 Å². The number of rotatable bonds is 1. The largest absolute Gasteiger partial charge is 0.485 e. The molecular weight excluding hydrogens is 326 g/mol. The monoisotopic (exact) mass is 345 g/mol. The minimum Gasteiger partial charge on any atom is -0.485 e. The van der Waals surface area contributed by atoms with Crippen molar-refractivity contribution in [3.8, 4) is 5.75 Å². The minimum absolute atomic E-state index is 0.0785. The summed E-state index contributed by atoms with van der Waals surface area (Å²) in [5, 5.41) is 1.97. The van der Waals surface area contributed by atoms with E-state index in [2.05, 4.69) is 0 Å². The van der Waals surface area contributed by atoms with Crippen LogP contribution in [0.3, 0.4) is 0 Å². The SMILES string of the molecule is CS(=O)(=O)N1CCC2(CC1)CC(=O)c1ccc3ccccc3c1O2. The van der Waals surface area contributed by atoms with Crippen molar-refractivity contribution in [2.24, 2.45) is 0 Å². The highest BCUT2D eigenvalue weighted by atomic mass is 32.2. The maximum atomic E-state index is 12.7. The van der Waals surface area contributed by atoms with Crippen molar-refractivity contribution in [1.29, 1.82) is 0 Å². The van der Waals surface area contributed by atoms with Gasteiger partial charge in [0, 0.05) is 31.3 Å². The molecule has 0 radical (unpaired) electrons. The molecule has 2 aliphatic heterocycles. The van der Waals surface area contributed by atoms with Gasteiger partial charge in [0.15, 0.2) is 5.78 Å². The van der Waals surface area contributed by atoms with Gasteiger partial charge in [-0.15, -0.1) is 0 Å². The summed E-state index contributed by atoms with van der Waals surface area (Å²) in [6, 6.07) is 11.6. The molecule has 4 rings (SSSR count). The first-order valence-corrected chi connectivity index (χ1v) is 9.92. The number of ether oxygens (including phenoxy) is 1. The first kappa shape index (κ1) is 15.6. The zero-order valence-corrected chi connectivity index (χ0v) is 14.3. The Labute approximate surface area is 141 Å². The van der Waals surface area contributed by atoms with Gasteiger partial charge in [-0.2, -0.15) is 0 Å². The molecule has 5 nitrogen and oxygen atoms in total. The second-order valence-corrected chi connectivity index (χ2v) is 8.69. The van der Waals surface area contributed by atoms with Crippen LogP contribution in [-0.2, 0) is 10.0 Å². The number of carbonyl (C=O) groups excluding carboxylic acids is 1. The highest BCUT2D eigenvalue weighted by Gasteiger charge is 2.44. The Hall–Kier alpha value is -1.92. The third-order valence-electron chi connectivity index (χ3n) is 5.08. The average Bonchev–Trinajstić information content (AvgIpc) is 2.54. The van der Waals surface area contributed by atoms with Gasteiger partial charge in [-0.05, 0) is 11.5 Å². The average molecular weight is 345 g/mol. The number of Topliss-reactive ketones (excluding diaryl/α,β-unsaturated/α-hetero) is 1. The predicted octanol–water partition coefficient (Wildman–Crippen LogP) is 2.60. The van der Waals surface area contributed by atoms with Crippen molar-refractivity contribution in [3.05, 3.63) is 42.0 Å². The number of sulfonamides is 1. The van der Waals surface area contributed by atoms with Gasteiger partial charge in [-0.25, -0.2) is 12.7 Å². The highest BCUT2D eigenvalue weighted by Crippen LogP contribution is 2.43. The molecule has 2 aromatic carbocycles. The van der Waals surface area contributed by atoms with E-state index >= 15 is 0 Å². The molecule has 2 aliphatic rings. The summed E-state index contributed by atoms with van der Waals surface area (Å²) in [5.74, 6) is 0.729. The lowest BCUT2D eigenvalue weighted by molar-refractivity contribution is 0.00726. The van der Waals surface area contributed by atoms with Crippen molar-refractivity contribution in [2.45, 2.75) is 24.9 Å². The van der Waals surface area contributed by atoms with Gasteiger partial charge in [0.1, 0.15) is 11.4 Å². The van der Waals surface area contributed by atoms with Gasteiger partial charge in [-0.3, -0.25) is 4.79 Å². The molecule has 1 spiro atoms. The molecule has 0 aromatic heterocycles. The van der Waals surface area contributed by atoms with Crippen LogP contribution in [0.1, 0.15) is 29.6 Å². The summed E-state index contributed by atoms with van der Waals surface area (Å²) in [6.07, 6.45) is 2.61. The van der Waals surface area contributed by atoms with E-state index in [1.165, 1.54) is 10.6 Å². The third kappa shape index (κ3) is 2.50. The van der Waals surface area contributed by atoms with Crippen LogP contribution in [0.5, 0.6) is 5.75 Å². The number of ketones is 1. The van der Waals surface area contributed by atoms with Gasteiger partial charge in [-0.1, -0.05) is 30.3 Å². The van der Waals surface area contributed by atoms with Crippen LogP contribution in [0, 0.1) is 0 Å². The Morgan fingerprint density at radius 3 is 2.50 bits per heavy atom. The molecular formula is C18H19NO4S. The van der Waals surface area contributed by atoms with Crippen molar-refractivity contribution in [3.63, 3.8) is 0 Å². The van der Waals surface area contributed by atoms with Crippen LogP contribution >= 0.6 is 0 Å². The molecule has 0 bridgehead atoms. The number of carbonyl (C=O) groups is 1. The first-order valence-electron chi connectivity index (χ1n) is 8.07. The lowest BCUT2D eigenvalue weighted by atomic mass is 9.82. The Balaban J connectivity index is 1.71. The Morgan fingerprint density at radius 2 is 1.79 bits per heavy atom. The zero-order chi connectivity index (χ0) is 16.9. The maximum absolute atomic E-state index is 12.7. The van der Waals surface area contributed by atoms with Gasteiger partial charge < -0.3 is 4.74 Å². The standard InChI is InChI=1S/C18H19NO4S/c1-24(21,22)19-10-8-18(9-11-19)12-16(20)15-7-6-13-4-2-3-5-14(13)17(15)23-18/h2-7H,8-12H2,1H3. The Kier molecular flexibility index (Phi) is 3.44. The second-order valence-electron chi connectivity index (χ2n) is 6.71. The van der Waals surface area contributed by atoms with Crippen molar-refractivity contribution in [2.75, 3.05) is 19.3 Å². The number of nitrogens with zero attached hydrogens (tertiary/aromatic N) is 1. The topological polar surface area (TPSA) is 63.7 Å². The summed E-state index contributed by atoms with van der Waals surface area (Å²) < 4.78 is 31.3. The molecule has 0 amide bonds. The number of fused-ring (bicyclic) bond motifs is 3. The lowest BCUT2D eigenvalue weighted by Gasteiger charge is -2.43. The zero-order valence-electron chi connectivity index (χ0n) is 13.5. The maximum Gasteiger partial charge on any atom is 0.211 e. The number of hydrogen-bond donors (Lipinski definition) is 0. The fourth-order valence-corrected chi connectivity index (χ4v) is 4.56. The molecule has 2 heterocycles. The Morgan fingerprint density at radius 1 is 1.08 bits per heavy atom. The van der Waals surface area contributed by atoms with E-state index < -0.39 is 15.6 Å². The summed E-state index contributed by atoms with van der Waals surface area (Å²) in [7, 11) is -3.20. The van der Waals surface area contributed by atoms with E-state index in [4.69, 9.17) is 4.74 Å². The van der Waals surface area contributed by atoms with Gasteiger partial charge in [0.25, 0.3) is 0 Å². The van der Waals surface area contributed by atoms with Crippen LogP contribution in [0.25, 0.3) is 10.8 Å². The van der Waals surface area contributed by atoms with Crippen LogP contribution in [0.15, 0.2) is 36.4 Å². The minimum atomic E-state index is -3.20. The normalized spacial score (nSPS) is 20.8. The highest BCUT2D eigenvalue weighted by molar-refractivity contribution is 7.88. The number of piperidine rings is 1. The van der Waals surface area contributed by atoms with E-state index in [-0.39, 0.29) is 5.78 Å². The predicted molar refractivity (Wildman–Crippen MR) is 91.9 cm³/mol. The molecule has 0 unspecified atom stereocenters. The van der Waals surface area contributed by atoms with Gasteiger partial charge in [0.05, 0.1) is 18.2 Å². The molecule has 0 saturated carbocycles. The molecule has 0 atom stereocenters. The van der Waals surface area contributed by atoms with Gasteiger partial charge >= 0.3 is 0 Å². The number of benzene rings is 2. The van der Waals surface area contributed by atoms with Crippen LogP contribution in [0.4, 0.5) is 0 Å². The summed E-state index contributed by atoms with van der Waals surface area (Å²) in [4.78, 5) is 12.7. The van der Waals surface area contributed by atoms with E-state index in [9.17, 15) is 13.2 Å². The Bertz CT molecular complexity index is 927.